The van der Waals surface area contributed by atoms with Gasteiger partial charge in [0, 0.05) is 18.1 Å². The molecule has 0 saturated heterocycles. The summed E-state index contributed by atoms with van der Waals surface area (Å²) >= 11 is 6.04. The van der Waals surface area contributed by atoms with Crippen molar-refractivity contribution in [2.75, 3.05) is 30.8 Å². The van der Waals surface area contributed by atoms with Gasteiger partial charge in [-0.05, 0) is 61.2 Å². The van der Waals surface area contributed by atoms with Crippen molar-refractivity contribution in [2.24, 2.45) is 5.92 Å². The van der Waals surface area contributed by atoms with E-state index in [1.54, 1.807) is 57.4 Å². The van der Waals surface area contributed by atoms with Crippen molar-refractivity contribution < 1.29 is 22.7 Å². The molecule has 1 atom stereocenters. The highest BCUT2D eigenvalue weighted by Gasteiger charge is 2.30. The molecule has 0 heterocycles. The maximum atomic E-state index is 13.6. The van der Waals surface area contributed by atoms with Crippen LogP contribution in [-0.4, -0.2) is 57.6 Å². The SMILES string of the molecule is COc1cccc(CN(C(=O)CN(c2ccc(Cl)cc2C)S(C)(=O)=O)[C@@H](C)C(=O)NCC(C)C)c1. The number of nitrogens with one attached hydrogen (secondary N) is 1. The predicted molar refractivity (Wildman–Crippen MR) is 139 cm³/mol. The fraction of sp³-hybridized carbons (Fsp3) is 0.440. The van der Waals surface area contributed by atoms with Crippen molar-refractivity contribution in [3.05, 3.63) is 58.6 Å². The molecule has 8 nitrogen and oxygen atoms in total. The summed E-state index contributed by atoms with van der Waals surface area (Å²) < 4.78 is 31.7. The summed E-state index contributed by atoms with van der Waals surface area (Å²) in [6.07, 6.45) is 1.04. The number of hydrogen-bond donors (Lipinski definition) is 1. The number of hydrogen-bond acceptors (Lipinski definition) is 5. The van der Waals surface area contributed by atoms with Gasteiger partial charge >= 0.3 is 0 Å². The normalized spacial score (nSPS) is 12.2. The summed E-state index contributed by atoms with van der Waals surface area (Å²) in [6.45, 7) is 7.40. The van der Waals surface area contributed by atoms with Gasteiger partial charge in [-0.25, -0.2) is 8.42 Å². The molecular formula is C25H34ClN3O5S. The maximum Gasteiger partial charge on any atom is 0.244 e. The van der Waals surface area contributed by atoms with Gasteiger partial charge in [0.25, 0.3) is 0 Å². The molecule has 2 rings (SSSR count). The Kier molecular flexibility index (Phi) is 9.97. The van der Waals surface area contributed by atoms with Crippen molar-refractivity contribution >= 4 is 39.1 Å². The van der Waals surface area contributed by atoms with E-state index < -0.39 is 28.5 Å². The number of aryl methyl sites for hydroxylation is 1. The Bertz CT molecular complexity index is 1150. The number of ether oxygens (including phenoxy) is 1. The number of rotatable bonds is 11. The molecule has 1 N–H and O–H groups in total. The molecule has 10 heteroatoms. The fourth-order valence-corrected chi connectivity index (χ4v) is 4.63. The van der Waals surface area contributed by atoms with Crippen LogP contribution in [0.3, 0.4) is 0 Å². The third-order valence-corrected chi connectivity index (χ3v) is 6.81. The van der Waals surface area contributed by atoms with Crippen molar-refractivity contribution in [3.8, 4) is 5.75 Å². The zero-order valence-electron chi connectivity index (χ0n) is 21.0. The lowest BCUT2D eigenvalue weighted by Gasteiger charge is -2.32. The molecule has 0 aliphatic carbocycles. The molecule has 0 saturated carbocycles. The first-order valence-electron chi connectivity index (χ1n) is 11.3. The molecule has 2 amide bonds. The minimum Gasteiger partial charge on any atom is -0.497 e. The van der Waals surface area contributed by atoms with Crippen LogP contribution in [0.25, 0.3) is 0 Å². The second kappa shape index (κ2) is 12.3. The molecule has 35 heavy (non-hydrogen) atoms. The van der Waals surface area contributed by atoms with Gasteiger partial charge in [0.2, 0.25) is 21.8 Å². The van der Waals surface area contributed by atoms with E-state index in [0.29, 0.717) is 28.6 Å². The Labute approximate surface area is 213 Å². The van der Waals surface area contributed by atoms with Gasteiger partial charge in [-0.15, -0.1) is 0 Å². The fourth-order valence-electron chi connectivity index (χ4n) is 3.50. The smallest absolute Gasteiger partial charge is 0.244 e. The highest BCUT2D eigenvalue weighted by Crippen LogP contribution is 2.26. The van der Waals surface area contributed by atoms with Gasteiger partial charge in [-0.2, -0.15) is 0 Å². The first-order valence-corrected chi connectivity index (χ1v) is 13.5. The van der Waals surface area contributed by atoms with Crippen molar-refractivity contribution in [1.29, 1.82) is 0 Å². The number of halogens is 1. The van der Waals surface area contributed by atoms with E-state index in [4.69, 9.17) is 16.3 Å². The third-order valence-electron chi connectivity index (χ3n) is 5.45. The topological polar surface area (TPSA) is 96.0 Å². The van der Waals surface area contributed by atoms with Crippen molar-refractivity contribution in [3.63, 3.8) is 0 Å². The average Bonchev–Trinajstić information content (AvgIpc) is 2.78. The summed E-state index contributed by atoms with van der Waals surface area (Å²) in [5.41, 5.74) is 1.70. The first kappa shape index (κ1) is 28.5. The molecule has 192 valence electrons. The number of carbonyl (C=O) groups excluding carboxylic acids is 2. The minimum absolute atomic E-state index is 0.101. The third kappa shape index (κ3) is 8.14. The van der Waals surface area contributed by atoms with E-state index in [2.05, 4.69) is 5.32 Å². The zero-order valence-corrected chi connectivity index (χ0v) is 22.6. The lowest BCUT2D eigenvalue weighted by Crippen LogP contribution is -2.51. The lowest BCUT2D eigenvalue weighted by atomic mass is 10.1. The van der Waals surface area contributed by atoms with Gasteiger partial charge in [0.15, 0.2) is 0 Å². The van der Waals surface area contributed by atoms with Crippen LogP contribution in [-0.2, 0) is 26.2 Å². The molecular weight excluding hydrogens is 490 g/mol. The van der Waals surface area contributed by atoms with Crippen LogP contribution >= 0.6 is 11.6 Å². The number of benzene rings is 2. The average molecular weight is 524 g/mol. The molecule has 0 radical (unpaired) electrons. The number of sulfonamides is 1. The quantitative estimate of drug-likeness (QED) is 0.485. The van der Waals surface area contributed by atoms with E-state index >= 15 is 0 Å². The largest absolute Gasteiger partial charge is 0.497 e. The minimum atomic E-state index is -3.81. The summed E-state index contributed by atoms with van der Waals surface area (Å²) in [6, 6.07) is 11.1. The van der Waals surface area contributed by atoms with Crippen LogP contribution in [0.5, 0.6) is 5.75 Å². The highest BCUT2D eigenvalue weighted by atomic mass is 35.5. The Morgan fingerprint density at radius 2 is 1.80 bits per heavy atom. The lowest BCUT2D eigenvalue weighted by molar-refractivity contribution is -0.139. The van der Waals surface area contributed by atoms with Gasteiger partial charge in [0.05, 0.1) is 19.1 Å². The van der Waals surface area contributed by atoms with E-state index in [-0.39, 0.29) is 18.4 Å². The van der Waals surface area contributed by atoms with E-state index in [9.17, 15) is 18.0 Å². The first-order chi connectivity index (χ1) is 16.3. The Balaban J connectivity index is 2.41. The standard InChI is InChI=1S/C25H34ClN3O5S/c1-17(2)14-27-25(31)19(4)28(15-20-8-7-9-22(13-20)34-5)24(30)16-29(35(6,32)33)23-11-10-21(26)12-18(23)3/h7-13,17,19H,14-16H2,1-6H3,(H,27,31)/t19-/m0/s1. The Morgan fingerprint density at radius 3 is 2.37 bits per heavy atom. The molecule has 2 aromatic carbocycles. The molecule has 0 aliphatic heterocycles. The van der Waals surface area contributed by atoms with Crippen LogP contribution in [0.15, 0.2) is 42.5 Å². The summed E-state index contributed by atoms with van der Waals surface area (Å²) in [7, 11) is -2.27. The second-order valence-electron chi connectivity index (χ2n) is 8.89. The van der Waals surface area contributed by atoms with Gasteiger partial charge in [-0.1, -0.05) is 37.6 Å². The number of nitrogens with zero attached hydrogens (tertiary/aromatic N) is 2. The Hall–Kier alpha value is -2.78. The van der Waals surface area contributed by atoms with Gasteiger partial charge < -0.3 is 15.0 Å². The molecule has 0 bridgehead atoms. The monoisotopic (exact) mass is 523 g/mol. The van der Waals surface area contributed by atoms with Crippen molar-refractivity contribution in [1.82, 2.24) is 10.2 Å². The predicted octanol–water partition coefficient (Wildman–Crippen LogP) is 3.61. The summed E-state index contributed by atoms with van der Waals surface area (Å²) in [5, 5.41) is 3.31. The molecule has 0 fully saturated rings. The molecule has 0 aromatic heterocycles. The maximum absolute atomic E-state index is 13.6. The van der Waals surface area contributed by atoms with Crippen LogP contribution in [0.4, 0.5) is 5.69 Å². The van der Waals surface area contributed by atoms with Crippen LogP contribution < -0.4 is 14.4 Å². The molecule has 0 spiro atoms. The highest BCUT2D eigenvalue weighted by molar-refractivity contribution is 7.92. The van der Waals surface area contributed by atoms with E-state index in [1.807, 2.05) is 19.9 Å². The molecule has 0 unspecified atom stereocenters. The number of methoxy groups -OCH3 is 1. The number of anilines is 1. The second-order valence-corrected chi connectivity index (χ2v) is 11.2. The van der Waals surface area contributed by atoms with Crippen LogP contribution in [0.2, 0.25) is 5.02 Å². The van der Waals surface area contributed by atoms with Gasteiger partial charge in [-0.3, -0.25) is 13.9 Å². The molecule has 2 aromatic rings. The van der Waals surface area contributed by atoms with Crippen LogP contribution in [0, 0.1) is 12.8 Å². The molecule has 0 aliphatic rings. The Morgan fingerprint density at radius 1 is 1.11 bits per heavy atom. The number of carbonyl (C=O) groups is 2. The number of amides is 2. The van der Waals surface area contributed by atoms with E-state index in [0.717, 1.165) is 16.1 Å². The summed E-state index contributed by atoms with van der Waals surface area (Å²) in [5.74, 6) is 0.0203. The van der Waals surface area contributed by atoms with E-state index in [1.165, 1.54) is 4.90 Å². The zero-order chi connectivity index (χ0) is 26.3. The van der Waals surface area contributed by atoms with Crippen molar-refractivity contribution in [2.45, 2.75) is 40.3 Å². The van der Waals surface area contributed by atoms with Crippen LogP contribution in [0.1, 0.15) is 31.9 Å². The van der Waals surface area contributed by atoms with Gasteiger partial charge in [0.1, 0.15) is 18.3 Å². The summed E-state index contributed by atoms with van der Waals surface area (Å²) in [4.78, 5) is 27.8.